The van der Waals surface area contributed by atoms with Gasteiger partial charge in [0.25, 0.3) is 5.91 Å². The molecule has 1 unspecified atom stereocenters. The number of nitrogens with zero attached hydrogens (tertiary/aromatic N) is 8. The summed E-state index contributed by atoms with van der Waals surface area (Å²) in [6.07, 6.45) is 8.60. The van der Waals surface area contributed by atoms with Gasteiger partial charge in [0.05, 0.1) is 11.9 Å². The lowest BCUT2D eigenvalue weighted by Crippen LogP contribution is -2.34. The second kappa shape index (κ2) is 9.78. The molecule has 4 aromatic rings. The van der Waals surface area contributed by atoms with Crippen molar-refractivity contribution in [2.24, 2.45) is 5.41 Å². The quantitative estimate of drug-likeness (QED) is 0.387. The number of anilines is 2. The molecule has 2 atom stereocenters. The van der Waals surface area contributed by atoms with E-state index in [2.05, 4.69) is 48.9 Å². The van der Waals surface area contributed by atoms with Crippen molar-refractivity contribution in [3.05, 3.63) is 77.6 Å². The fourth-order valence-electron chi connectivity index (χ4n) is 6.96. The number of amides is 1. The number of hydrogen-bond acceptors (Lipinski definition) is 8. The van der Waals surface area contributed by atoms with E-state index in [9.17, 15) is 14.7 Å². The molecule has 3 aliphatic heterocycles. The SMILES string of the molecule is Cc1cc(N2CCC(C)(c3cccnc3)C2)cn2nc(C(=O)N3CC[C@@]4(CCN(c5cccc(C(=O)O)n5)C4)C3)nc12. The number of hydrogen-bond donors (Lipinski definition) is 1. The molecule has 7 rings (SSSR count). The maximum absolute atomic E-state index is 13.6. The summed E-state index contributed by atoms with van der Waals surface area (Å²) in [6.45, 7) is 8.91. The lowest BCUT2D eigenvalue weighted by Gasteiger charge is -2.26. The lowest BCUT2D eigenvalue weighted by molar-refractivity contribution is 0.0689. The van der Waals surface area contributed by atoms with E-state index < -0.39 is 5.97 Å². The molecule has 3 fully saturated rings. The smallest absolute Gasteiger partial charge is 0.354 e. The Morgan fingerprint density at radius 2 is 1.79 bits per heavy atom. The maximum atomic E-state index is 13.6. The average molecular weight is 567 g/mol. The molecule has 0 aromatic carbocycles. The Bertz CT molecular complexity index is 1690. The topological polar surface area (TPSA) is 120 Å². The third kappa shape index (κ3) is 4.53. The Labute approximate surface area is 243 Å². The number of fused-ring (bicyclic) bond motifs is 1. The Morgan fingerprint density at radius 3 is 2.60 bits per heavy atom. The molecule has 1 amide bonds. The predicted octanol–water partition coefficient (Wildman–Crippen LogP) is 3.44. The summed E-state index contributed by atoms with van der Waals surface area (Å²) in [7, 11) is 0. The van der Waals surface area contributed by atoms with E-state index >= 15 is 0 Å². The first-order valence-electron chi connectivity index (χ1n) is 14.5. The summed E-state index contributed by atoms with van der Waals surface area (Å²) in [4.78, 5) is 44.7. The van der Waals surface area contributed by atoms with Crippen molar-refractivity contribution in [1.82, 2.24) is 29.5 Å². The van der Waals surface area contributed by atoms with E-state index in [1.165, 1.54) is 11.6 Å². The Morgan fingerprint density at radius 1 is 0.952 bits per heavy atom. The molecule has 11 nitrogen and oxygen atoms in total. The summed E-state index contributed by atoms with van der Waals surface area (Å²) in [5.41, 5.74) is 4.02. The van der Waals surface area contributed by atoms with Crippen molar-refractivity contribution < 1.29 is 14.7 Å². The van der Waals surface area contributed by atoms with Crippen LogP contribution in [0.5, 0.6) is 0 Å². The lowest BCUT2D eigenvalue weighted by atomic mass is 9.83. The Balaban J connectivity index is 1.06. The highest BCUT2D eigenvalue weighted by Gasteiger charge is 2.46. The largest absolute Gasteiger partial charge is 0.477 e. The number of carboxylic acids is 1. The van der Waals surface area contributed by atoms with Crippen LogP contribution in [-0.4, -0.2) is 85.7 Å². The van der Waals surface area contributed by atoms with Gasteiger partial charge in [0.15, 0.2) is 11.3 Å². The van der Waals surface area contributed by atoms with Gasteiger partial charge in [-0.2, -0.15) is 0 Å². The van der Waals surface area contributed by atoms with Gasteiger partial charge in [-0.05, 0) is 61.6 Å². The Hall–Kier alpha value is -4.54. The summed E-state index contributed by atoms with van der Waals surface area (Å²) in [5.74, 6) is -0.288. The Kier molecular flexibility index (Phi) is 6.14. The van der Waals surface area contributed by atoms with Gasteiger partial charge in [0, 0.05) is 62.5 Å². The molecule has 0 radical (unpaired) electrons. The fraction of sp³-hybridized carbons (Fsp3) is 0.419. The molecular formula is C31H34N8O3. The second-order valence-electron chi connectivity index (χ2n) is 12.4. The molecular weight excluding hydrogens is 532 g/mol. The first kappa shape index (κ1) is 26.4. The van der Waals surface area contributed by atoms with Gasteiger partial charge in [-0.1, -0.05) is 19.1 Å². The summed E-state index contributed by atoms with van der Waals surface area (Å²) in [6, 6.07) is 11.4. The summed E-state index contributed by atoms with van der Waals surface area (Å²) in [5, 5.41) is 14.0. The third-order valence-corrected chi connectivity index (χ3v) is 9.43. The molecule has 3 saturated heterocycles. The first-order chi connectivity index (χ1) is 20.2. The molecule has 1 spiro atoms. The van der Waals surface area contributed by atoms with Gasteiger partial charge in [-0.25, -0.2) is 19.3 Å². The number of aromatic carboxylic acids is 1. The van der Waals surface area contributed by atoms with Gasteiger partial charge in [0.1, 0.15) is 5.82 Å². The molecule has 42 heavy (non-hydrogen) atoms. The minimum atomic E-state index is -1.03. The van der Waals surface area contributed by atoms with Crippen LogP contribution in [0.25, 0.3) is 5.65 Å². The predicted molar refractivity (Wildman–Crippen MR) is 157 cm³/mol. The van der Waals surface area contributed by atoms with Gasteiger partial charge in [-0.3, -0.25) is 9.78 Å². The van der Waals surface area contributed by atoms with Crippen molar-refractivity contribution in [1.29, 1.82) is 0 Å². The van der Waals surface area contributed by atoms with E-state index in [0.717, 1.165) is 56.7 Å². The van der Waals surface area contributed by atoms with Gasteiger partial charge >= 0.3 is 5.97 Å². The van der Waals surface area contributed by atoms with Crippen LogP contribution < -0.4 is 9.80 Å². The number of carboxylic acid groups (broad SMARTS) is 1. The van der Waals surface area contributed by atoms with Crippen LogP contribution in [0.3, 0.4) is 0 Å². The molecule has 4 aromatic heterocycles. The van der Waals surface area contributed by atoms with Crippen molar-refractivity contribution in [2.75, 3.05) is 49.1 Å². The minimum Gasteiger partial charge on any atom is -0.477 e. The zero-order valence-electron chi connectivity index (χ0n) is 23.9. The zero-order chi connectivity index (χ0) is 29.1. The van der Waals surface area contributed by atoms with E-state index in [-0.39, 0.29) is 28.3 Å². The van der Waals surface area contributed by atoms with E-state index in [4.69, 9.17) is 0 Å². The molecule has 11 heteroatoms. The monoisotopic (exact) mass is 566 g/mol. The zero-order valence-corrected chi connectivity index (χ0v) is 23.9. The molecule has 0 aliphatic carbocycles. The average Bonchev–Trinajstić information content (AvgIpc) is 3.80. The number of aryl methyl sites for hydroxylation is 1. The third-order valence-electron chi connectivity index (χ3n) is 9.43. The second-order valence-corrected chi connectivity index (χ2v) is 12.4. The summed E-state index contributed by atoms with van der Waals surface area (Å²) >= 11 is 0. The van der Waals surface area contributed by atoms with Crippen LogP contribution in [0.4, 0.5) is 11.5 Å². The van der Waals surface area contributed by atoms with Crippen LogP contribution in [-0.2, 0) is 5.41 Å². The molecule has 1 N–H and O–H groups in total. The number of aromatic nitrogens is 5. The van der Waals surface area contributed by atoms with Crippen LogP contribution in [0.2, 0.25) is 0 Å². The standard InChI is InChI=1S/C31H34N8O3/c1-21-15-23(36-12-8-30(2,18-36)22-5-4-11-32-16-22)17-39-27(21)34-26(35-39)28(40)38-14-10-31(20-38)9-13-37(19-31)25-7-3-6-24(33-25)29(41)42/h3-7,11,15-17H,8-10,12-14,18-20H2,1-2H3,(H,41,42)/t30?,31-/m1/s1. The first-order valence-corrected chi connectivity index (χ1v) is 14.5. The minimum absolute atomic E-state index is 0.0251. The normalized spacial score (nSPS) is 23.9. The van der Waals surface area contributed by atoms with Crippen LogP contribution in [0.1, 0.15) is 58.4 Å². The molecule has 0 bridgehead atoms. The maximum Gasteiger partial charge on any atom is 0.354 e. The molecule has 216 valence electrons. The highest BCUT2D eigenvalue weighted by Crippen LogP contribution is 2.41. The number of rotatable bonds is 5. The molecule has 3 aliphatic rings. The van der Waals surface area contributed by atoms with Crippen LogP contribution in [0.15, 0.2) is 55.0 Å². The van der Waals surface area contributed by atoms with E-state index in [1.807, 2.05) is 42.5 Å². The number of carbonyl (C=O) groups is 2. The van der Waals surface area contributed by atoms with Crippen molar-refractivity contribution in [3.8, 4) is 0 Å². The number of pyridine rings is 3. The van der Waals surface area contributed by atoms with E-state index in [0.29, 0.717) is 24.6 Å². The summed E-state index contributed by atoms with van der Waals surface area (Å²) < 4.78 is 1.75. The number of likely N-dealkylation sites (tertiary alicyclic amines) is 1. The van der Waals surface area contributed by atoms with Crippen molar-refractivity contribution in [2.45, 2.75) is 38.5 Å². The van der Waals surface area contributed by atoms with Gasteiger partial charge in [-0.15, -0.1) is 5.10 Å². The van der Waals surface area contributed by atoms with Crippen LogP contribution in [0, 0.1) is 12.3 Å². The molecule has 0 saturated carbocycles. The fourth-order valence-corrected chi connectivity index (χ4v) is 6.96. The van der Waals surface area contributed by atoms with Gasteiger partial charge < -0.3 is 19.8 Å². The highest BCUT2D eigenvalue weighted by molar-refractivity contribution is 5.91. The highest BCUT2D eigenvalue weighted by atomic mass is 16.4. The van der Waals surface area contributed by atoms with Gasteiger partial charge in [0.2, 0.25) is 5.82 Å². The number of carbonyl (C=O) groups excluding carboxylic acids is 1. The van der Waals surface area contributed by atoms with Crippen LogP contribution >= 0.6 is 0 Å². The van der Waals surface area contributed by atoms with Crippen molar-refractivity contribution in [3.63, 3.8) is 0 Å². The van der Waals surface area contributed by atoms with E-state index in [1.54, 1.807) is 10.6 Å². The molecule has 7 heterocycles. The van der Waals surface area contributed by atoms with Crippen molar-refractivity contribution >= 4 is 29.0 Å².